The number of aliphatic imine (C=N–C) groups is 1. The smallest absolute Gasteiger partial charge is 0.256 e. The predicted molar refractivity (Wildman–Crippen MR) is 141 cm³/mol. The zero-order valence-electron chi connectivity index (χ0n) is 21.3. The van der Waals surface area contributed by atoms with E-state index in [-0.39, 0.29) is 29.5 Å². The van der Waals surface area contributed by atoms with E-state index in [1.165, 1.54) is 0 Å². The monoisotopic (exact) mass is 498 g/mol. The Morgan fingerprint density at radius 2 is 1.81 bits per heavy atom. The highest BCUT2D eigenvalue weighted by atomic mass is 19.1. The molecule has 190 valence electrons. The zero-order chi connectivity index (χ0) is 25.5. The van der Waals surface area contributed by atoms with Crippen molar-refractivity contribution < 1.29 is 14.0 Å². The van der Waals surface area contributed by atoms with Crippen LogP contribution in [0.3, 0.4) is 0 Å². The van der Waals surface area contributed by atoms with Crippen LogP contribution in [-0.4, -0.2) is 57.2 Å². The van der Waals surface area contributed by atoms with Gasteiger partial charge in [-0.15, -0.1) is 0 Å². The van der Waals surface area contributed by atoms with Crippen molar-refractivity contribution in [2.24, 2.45) is 16.8 Å². The SMILES string of the molecule is CC(C)n1ccc2cc(-c3ccc(C4=NC5(CC5)C(=O)N4CC4CN(C(=O)C5CC5)C4)c(F)c3)ccc21. The van der Waals surface area contributed by atoms with Crippen molar-refractivity contribution in [3.63, 3.8) is 0 Å². The number of hydrogen-bond acceptors (Lipinski definition) is 3. The molecule has 2 aliphatic carbocycles. The van der Waals surface area contributed by atoms with Crippen LogP contribution >= 0.6 is 0 Å². The third-order valence-corrected chi connectivity index (χ3v) is 8.40. The first-order chi connectivity index (χ1) is 17.8. The van der Waals surface area contributed by atoms with Gasteiger partial charge in [0.1, 0.15) is 17.2 Å². The van der Waals surface area contributed by atoms with Gasteiger partial charge in [-0.05, 0) is 81.0 Å². The maximum atomic E-state index is 15.6. The van der Waals surface area contributed by atoms with Crippen LogP contribution in [0, 0.1) is 17.7 Å². The fraction of sp³-hybridized carbons (Fsp3) is 0.433. The van der Waals surface area contributed by atoms with E-state index < -0.39 is 5.54 Å². The summed E-state index contributed by atoms with van der Waals surface area (Å²) in [6.45, 7) is 6.13. The highest BCUT2D eigenvalue weighted by Crippen LogP contribution is 2.46. The Balaban J connectivity index is 1.14. The van der Waals surface area contributed by atoms with E-state index in [4.69, 9.17) is 4.99 Å². The van der Waals surface area contributed by atoms with E-state index in [0.29, 0.717) is 37.1 Å². The van der Waals surface area contributed by atoms with Gasteiger partial charge in [-0.25, -0.2) is 4.39 Å². The standard InChI is InChI=1S/C30H31FN4O2/c1-18(2)34-12-9-23-13-21(6-8-26(23)34)22-5-7-24(25(31)14-22)27-32-30(10-11-30)29(37)35(27)17-19-15-33(16-19)28(36)20-3-4-20/h5-9,12-14,18-20H,3-4,10-11,15-17H2,1-2H3. The van der Waals surface area contributed by atoms with Gasteiger partial charge in [0.2, 0.25) is 5.91 Å². The van der Waals surface area contributed by atoms with Crippen LogP contribution in [-0.2, 0) is 9.59 Å². The molecule has 2 aliphatic heterocycles. The second-order valence-corrected chi connectivity index (χ2v) is 11.6. The molecular weight excluding hydrogens is 467 g/mol. The predicted octanol–water partition coefficient (Wildman–Crippen LogP) is 5.02. The van der Waals surface area contributed by atoms with Crippen LogP contribution in [0.15, 0.2) is 53.7 Å². The number of rotatable bonds is 6. The molecule has 2 amide bonds. The summed E-state index contributed by atoms with van der Waals surface area (Å²) in [5.74, 6) is 0.728. The zero-order valence-corrected chi connectivity index (χ0v) is 21.3. The molecule has 1 aromatic heterocycles. The van der Waals surface area contributed by atoms with E-state index >= 15 is 4.39 Å². The molecule has 37 heavy (non-hydrogen) atoms. The summed E-state index contributed by atoms with van der Waals surface area (Å²) in [7, 11) is 0. The number of nitrogens with zero attached hydrogens (tertiary/aromatic N) is 4. The van der Waals surface area contributed by atoms with Gasteiger partial charge in [-0.2, -0.15) is 0 Å². The minimum absolute atomic E-state index is 0.0157. The Morgan fingerprint density at radius 3 is 2.49 bits per heavy atom. The lowest BCUT2D eigenvalue weighted by Crippen LogP contribution is -2.55. The van der Waals surface area contributed by atoms with Crippen LogP contribution in [0.2, 0.25) is 0 Å². The summed E-state index contributed by atoms with van der Waals surface area (Å²) in [6.07, 6.45) is 5.52. The molecule has 7 heteroatoms. The average molecular weight is 499 g/mol. The van der Waals surface area contributed by atoms with E-state index in [9.17, 15) is 9.59 Å². The molecule has 0 N–H and O–H groups in total. The summed E-state index contributed by atoms with van der Waals surface area (Å²) < 4.78 is 17.8. The van der Waals surface area contributed by atoms with Crippen LogP contribution in [0.4, 0.5) is 4.39 Å². The first-order valence-corrected chi connectivity index (χ1v) is 13.4. The lowest BCUT2D eigenvalue weighted by Gasteiger charge is -2.41. The number of amidine groups is 1. The largest absolute Gasteiger partial charge is 0.345 e. The summed E-state index contributed by atoms with van der Waals surface area (Å²) >= 11 is 0. The van der Waals surface area contributed by atoms with Crippen LogP contribution in [0.5, 0.6) is 0 Å². The molecule has 1 saturated heterocycles. The van der Waals surface area contributed by atoms with Gasteiger partial charge in [0.05, 0.1) is 5.56 Å². The molecule has 1 spiro atoms. The maximum absolute atomic E-state index is 15.6. The van der Waals surface area contributed by atoms with Crippen LogP contribution in [0.1, 0.15) is 51.1 Å². The van der Waals surface area contributed by atoms with Crippen LogP contribution < -0.4 is 0 Å². The van der Waals surface area contributed by atoms with Gasteiger partial charge < -0.3 is 9.47 Å². The fourth-order valence-electron chi connectivity index (χ4n) is 5.86. The molecule has 3 heterocycles. The highest BCUT2D eigenvalue weighted by molar-refractivity contribution is 6.16. The molecule has 3 fully saturated rings. The Kier molecular flexibility index (Phi) is 4.91. The van der Waals surface area contributed by atoms with Gasteiger partial charge in [0.15, 0.2) is 0 Å². The molecule has 6 nitrogen and oxygen atoms in total. The summed E-state index contributed by atoms with van der Waals surface area (Å²) in [5.41, 5.74) is 2.59. The van der Waals surface area contributed by atoms with Crippen molar-refractivity contribution in [1.29, 1.82) is 0 Å². The van der Waals surface area contributed by atoms with Gasteiger partial charge in [0.25, 0.3) is 5.91 Å². The number of fused-ring (bicyclic) bond motifs is 1. The molecule has 2 aromatic carbocycles. The number of halogens is 1. The third-order valence-electron chi connectivity index (χ3n) is 8.40. The number of amides is 2. The molecule has 0 atom stereocenters. The van der Waals surface area contributed by atoms with Gasteiger partial charge >= 0.3 is 0 Å². The first kappa shape index (κ1) is 22.7. The molecule has 4 aliphatic rings. The fourth-order valence-corrected chi connectivity index (χ4v) is 5.86. The first-order valence-electron chi connectivity index (χ1n) is 13.4. The average Bonchev–Trinajstić information content (AvgIpc) is 3.77. The maximum Gasteiger partial charge on any atom is 0.256 e. The second-order valence-electron chi connectivity index (χ2n) is 11.6. The topological polar surface area (TPSA) is 57.9 Å². The molecule has 2 saturated carbocycles. The third kappa shape index (κ3) is 3.70. The van der Waals surface area contributed by atoms with Crippen molar-refractivity contribution in [3.8, 4) is 11.1 Å². The molecule has 0 bridgehead atoms. The van der Waals surface area contributed by atoms with Crippen molar-refractivity contribution in [2.45, 2.75) is 51.1 Å². The number of likely N-dealkylation sites (tertiary alicyclic amines) is 1. The van der Waals surface area contributed by atoms with Gasteiger partial charge in [0, 0.05) is 54.6 Å². The molecule has 0 unspecified atom stereocenters. The lowest BCUT2D eigenvalue weighted by atomic mass is 9.97. The summed E-state index contributed by atoms with van der Waals surface area (Å²) in [6, 6.07) is 13.9. The number of carbonyl (C=O) groups excluding carboxylic acids is 2. The molecule has 0 radical (unpaired) electrons. The lowest BCUT2D eigenvalue weighted by molar-refractivity contribution is -0.139. The molecule has 3 aromatic rings. The Morgan fingerprint density at radius 1 is 1.08 bits per heavy atom. The Hall–Kier alpha value is -3.48. The van der Waals surface area contributed by atoms with E-state index in [2.05, 4.69) is 42.8 Å². The van der Waals surface area contributed by atoms with Crippen LogP contribution in [0.25, 0.3) is 22.0 Å². The minimum atomic E-state index is -0.692. The number of benzene rings is 2. The van der Waals surface area contributed by atoms with E-state index in [1.807, 2.05) is 17.0 Å². The Labute approximate surface area is 215 Å². The van der Waals surface area contributed by atoms with E-state index in [0.717, 1.165) is 47.7 Å². The molecular formula is C30H31FN4O2. The number of aromatic nitrogens is 1. The minimum Gasteiger partial charge on any atom is -0.345 e. The van der Waals surface area contributed by atoms with E-state index in [1.54, 1.807) is 17.0 Å². The summed E-state index contributed by atoms with van der Waals surface area (Å²) in [4.78, 5) is 33.9. The normalized spacial score (nSPS) is 20.8. The summed E-state index contributed by atoms with van der Waals surface area (Å²) in [5, 5.41) is 1.12. The highest BCUT2D eigenvalue weighted by Gasteiger charge is 2.58. The Bertz CT molecular complexity index is 1470. The van der Waals surface area contributed by atoms with Crippen molar-refractivity contribution in [1.82, 2.24) is 14.4 Å². The van der Waals surface area contributed by atoms with Gasteiger partial charge in [-0.3, -0.25) is 19.5 Å². The second kappa shape index (κ2) is 8.01. The van der Waals surface area contributed by atoms with Crippen molar-refractivity contribution in [3.05, 3.63) is 60.0 Å². The number of hydrogen-bond donors (Lipinski definition) is 0. The molecule has 7 rings (SSSR count). The van der Waals surface area contributed by atoms with Gasteiger partial charge in [-0.1, -0.05) is 12.1 Å². The van der Waals surface area contributed by atoms with Crippen molar-refractivity contribution in [2.75, 3.05) is 19.6 Å². The number of carbonyl (C=O) groups is 2. The van der Waals surface area contributed by atoms with Crippen molar-refractivity contribution >= 4 is 28.6 Å². The quantitative estimate of drug-likeness (QED) is 0.479.